The summed E-state index contributed by atoms with van der Waals surface area (Å²) in [5.74, 6) is -0.911. The van der Waals surface area contributed by atoms with Gasteiger partial charge in [-0.25, -0.2) is 10.2 Å². The van der Waals surface area contributed by atoms with Crippen LogP contribution >= 0.6 is 23.2 Å². The van der Waals surface area contributed by atoms with Crippen LogP contribution in [-0.2, 0) is 4.79 Å². The number of methoxy groups -OCH3 is 1. The molecule has 0 aliphatic rings. The Morgan fingerprint density at radius 1 is 1.03 bits per heavy atom. The van der Waals surface area contributed by atoms with Gasteiger partial charge in [0.25, 0.3) is 5.91 Å². The number of aliphatic hydroxyl groups is 1. The minimum absolute atomic E-state index is 0.156. The molecule has 0 radical (unpaired) electrons. The first-order valence-corrected chi connectivity index (χ1v) is 10.1. The molecule has 0 aromatic heterocycles. The van der Waals surface area contributed by atoms with Gasteiger partial charge in [0, 0.05) is 5.02 Å². The van der Waals surface area contributed by atoms with Crippen LogP contribution in [0.1, 0.15) is 27.6 Å². The van der Waals surface area contributed by atoms with Crippen LogP contribution in [0.3, 0.4) is 0 Å². The second-order valence-corrected chi connectivity index (χ2v) is 7.32. The monoisotopic (exact) mass is 472 g/mol. The number of amides is 1. The molecule has 3 rings (SSSR count). The molecule has 3 aromatic rings. The van der Waals surface area contributed by atoms with Crippen LogP contribution in [0.25, 0.3) is 0 Å². The number of hydrogen-bond donors (Lipinski definition) is 2. The van der Waals surface area contributed by atoms with Crippen LogP contribution < -0.4 is 14.9 Å². The number of nitrogens with one attached hydrogen (secondary N) is 1. The molecule has 164 valence electrons. The lowest BCUT2D eigenvalue weighted by Gasteiger charge is -2.11. The van der Waals surface area contributed by atoms with Crippen molar-refractivity contribution in [2.45, 2.75) is 6.10 Å². The van der Waals surface area contributed by atoms with Crippen LogP contribution in [0.5, 0.6) is 11.5 Å². The van der Waals surface area contributed by atoms with Gasteiger partial charge in [0.05, 0.1) is 23.9 Å². The third-order valence-corrected chi connectivity index (χ3v) is 4.84. The van der Waals surface area contributed by atoms with E-state index in [2.05, 4.69) is 10.5 Å². The van der Waals surface area contributed by atoms with E-state index in [0.29, 0.717) is 16.1 Å². The molecule has 0 saturated carbocycles. The van der Waals surface area contributed by atoms with Crippen molar-refractivity contribution in [3.8, 4) is 11.5 Å². The Hall–Kier alpha value is -3.39. The van der Waals surface area contributed by atoms with Gasteiger partial charge in [-0.15, -0.1) is 0 Å². The summed E-state index contributed by atoms with van der Waals surface area (Å²) in [6.07, 6.45) is 0.0177. The molecule has 32 heavy (non-hydrogen) atoms. The van der Waals surface area contributed by atoms with Gasteiger partial charge >= 0.3 is 5.97 Å². The standard InChI is InChI=1S/C23H18Cl2N2O5/c1-31-20-11-14(13-26-27-22(29)21(28)15-5-3-2-4-6-15)7-10-19(20)32-23(30)17-9-8-16(24)12-18(17)25/h2-13,21,28H,1H3,(H,27,29)/b26-13-/t21-/m0/s1. The number of rotatable bonds is 7. The van der Waals surface area contributed by atoms with E-state index >= 15 is 0 Å². The number of halogens is 2. The highest BCUT2D eigenvalue weighted by Gasteiger charge is 2.17. The highest BCUT2D eigenvalue weighted by Crippen LogP contribution is 2.30. The minimum atomic E-state index is -1.34. The molecule has 1 amide bonds. The molecule has 0 heterocycles. The van der Waals surface area contributed by atoms with Crippen molar-refractivity contribution in [1.29, 1.82) is 0 Å². The molecule has 0 aliphatic carbocycles. The lowest BCUT2D eigenvalue weighted by molar-refractivity contribution is -0.129. The van der Waals surface area contributed by atoms with Gasteiger partial charge in [-0.3, -0.25) is 4.79 Å². The zero-order valence-electron chi connectivity index (χ0n) is 16.8. The maximum atomic E-state index is 12.4. The second kappa shape index (κ2) is 10.8. The molecule has 0 fully saturated rings. The lowest BCUT2D eigenvalue weighted by atomic mass is 10.1. The average molecular weight is 473 g/mol. The van der Waals surface area contributed by atoms with E-state index in [1.165, 1.54) is 37.6 Å². The summed E-state index contributed by atoms with van der Waals surface area (Å²) < 4.78 is 10.7. The predicted molar refractivity (Wildman–Crippen MR) is 122 cm³/mol. The van der Waals surface area contributed by atoms with Gasteiger partial charge in [-0.2, -0.15) is 5.10 Å². The Labute approximate surface area is 194 Å². The van der Waals surface area contributed by atoms with E-state index in [0.717, 1.165) is 0 Å². The summed E-state index contributed by atoms with van der Waals surface area (Å²) in [6, 6.07) is 17.6. The SMILES string of the molecule is COc1cc(/C=N\NC(=O)[C@@H](O)c2ccccc2)ccc1OC(=O)c1ccc(Cl)cc1Cl. The van der Waals surface area contributed by atoms with Crippen molar-refractivity contribution >= 4 is 41.3 Å². The summed E-state index contributed by atoms with van der Waals surface area (Å²) in [6.45, 7) is 0. The van der Waals surface area contributed by atoms with Crippen LogP contribution in [0.2, 0.25) is 10.0 Å². The molecule has 3 aromatic carbocycles. The number of esters is 1. The normalized spacial score (nSPS) is 11.8. The summed E-state index contributed by atoms with van der Waals surface area (Å²) in [5, 5.41) is 14.5. The first-order valence-electron chi connectivity index (χ1n) is 9.30. The zero-order chi connectivity index (χ0) is 23.1. The smallest absolute Gasteiger partial charge is 0.345 e. The van der Waals surface area contributed by atoms with Crippen LogP contribution in [0.15, 0.2) is 71.8 Å². The van der Waals surface area contributed by atoms with Crippen molar-refractivity contribution in [2.24, 2.45) is 5.10 Å². The first-order chi connectivity index (χ1) is 15.4. The molecule has 0 saturated heterocycles. The number of benzene rings is 3. The van der Waals surface area contributed by atoms with Crippen molar-refractivity contribution in [3.63, 3.8) is 0 Å². The fourth-order valence-corrected chi connectivity index (χ4v) is 3.16. The Morgan fingerprint density at radius 3 is 2.47 bits per heavy atom. The van der Waals surface area contributed by atoms with Gasteiger partial charge < -0.3 is 14.6 Å². The minimum Gasteiger partial charge on any atom is -0.493 e. The predicted octanol–water partition coefficient (Wildman–Crippen LogP) is 4.40. The summed E-state index contributed by atoms with van der Waals surface area (Å²) >= 11 is 11.9. The fourth-order valence-electron chi connectivity index (χ4n) is 2.68. The molecular weight excluding hydrogens is 455 g/mol. The van der Waals surface area contributed by atoms with E-state index in [1.807, 2.05) is 0 Å². The van der Waals surface area contributed by atoms with E-state index in [-0.39, 0.29) is 22.1 Å². The zero-order valence-corrected chi connectivity index (χ0v) is 18.3. The largest absolute Gasteiger partial charge is 0.493 e. The number of hydrazone groups is 1. The maximum Gasteiger partial charge on any atom is 0.345 e. The van der Waals surface area contributed by atoms with E-state index in [4.69, 9.17) is 32.7 Å². The number of ether oxygens (including phenoxy) is 2. The fraction of sp³-hybridized carbons (Fsp3) is 0.0870. The molecule has 0 bridgehead atoms. The van der Waals surface area contributed by atoms with Gasteiger partial charge in [0.1, 0.15) is 0 Å². The Bertz CT molecular complexity index is 1150. The second-order valence-electron chi connectivity index (χ2n) is 6.47. The van der Waals surface area contributed by atoms with E-state index < -0.39 is 18.0 Å². The number of hydrogen-bond acceptors (Lipinski definition) is 6. The van der Waals surface area contributed by atoms with Gasteiger partial charge in [0.2, 0.25) is 0 Å². The van der Waals surface area contributed by atoms with Crippen LogP contribution in [0, 0.1) is 0 Å². The highest BCUT2D eigenvalue weighted by atomic mass is 35.5. The number of carbonyl (C=O) groups excluding carboxylic acids is 2. The van der Waals surface area contributed by atoms with E-state index in [9.17, 15) is 14.7 Å². The van der Waals surface area contributed by atoms with Gasteiger partial charge in [-0.1, -0.05) is 53.5 Å². The summed E-state index contributed by atoms with van der Waals surface area (Å²) in [7, 11) is 1.42. The molecule has 0 unspecified atom stereocenters. The lowest BCUT2D eigenvalue weighted by Crippen LogP contribution is -2.25. The third-order valence-electron chi connectivity index (χ3n) is 4.29. The Balaban J connectivity index is 1.67. The summed E-state index contributed by atoms with van der Waals surface area (Å²) in [4.78, 5) is 24.5. The Kier molecular flexibility index (Phi) is 7.83. The molecule has 0 spiro atoms. The molecule has 1 atom stereocenters. The number of aliphatic hydroxyl groups excluding tert-OH is 1. The topological polar surface area (TPSA) is 97.2 Å². The van der Waals surface area contributed by atoms with Crippen molar-refractivity contribution in [1.82, 2.24) is 5.43 Å². The van der Waals surface area contributed by atoms with Crippen molar-refractivity contribution in [3.05, 3.63) is 93.5 Å². The molecule has 0 aliphatic heterocycles. The molecule has 7 nitrogen and oxygen atoms in total. The quantitative estimate of drug-likeness (QED) is 0.230. The molecule has 9 heteroatoms. The maximum absolute atomic E-state index is 12.4. The number of carbonyl (C=O) groups is 2. The third kappa shape index (κ3) is 5.85. The summed E-state index contributed by atoms with van der Waals surface area (Å²) in [5.41, 5.74) is 3.44. The van der Waals surface area contributed by atoms with Gasteiger partial charge in [-0.05, 0) is 47.5 Å². The van der Waals surface area contributed by atoms with Crippen molar-refractivity contribution < 1.29 is 24.2 Å². The average Bonchev–Trinajstić information content (AvgIpc) is 2.79. The molecular formula is C23H18Cl2N2O5. The number of nitrogens with zero attached hydrogens (tertiary/aromatic N) is 1. The van der Waals surface area contributed by atoms with Crippen molar-refractivity contribution in [2.75, 3.05) is 7.11 Å². The van der Waals surface area contributed by atoms with Gasteiger partial charge in [0.15, 0.2) is 17.6 Å². The highest BCUT2D eigenvalue weighted by molar-refractivity contribution is 6.36. The first kappa shape index (κ1) is 23.3. The molecule has 2 N–H and O–H groups in total. The van der Waals surface area contributed by atoms with Crippen LogP contribution in [-0.4, -0.2) is 30.3 Å². The van der Waals surface area contributed by atoms with Crippen LogP contribution in [0.4, 0.5) is 0 Å². The van der Waals surface area contributed by atoms with E-state index in [1.54, 1.807) is 42.5 Å². The Morgan fingerprint density at radius 2 is 1.78 bits per heavy atom.